The van der Waals surface area contributed by atoms with Crippen LogP contribution in [0.25, 0.3) is 0 Å². The van der Waals surface area contributed by atoms with E-state index in [1.807, 2.05) is 30.3 Å². The lowest BCUT2D eigenvalue weighted by Gasteiger charge is -2.15. The molecule has 1 unspecified atom stereocenters. The number of ether oxygens (including phenoxy) is 1. The minimum atomic E-state index is -3.84. The van der Waals surface area contributed by atoms with Crippen LogP contribution in [0.2, 0.25) is 0 Å². The summed E-state index contributed by atoms with van der Waals surface area (Å²) < 4.78 is 27.8. The monoisotopic (exact) mass is 454 g/mol. The first-order valence-electron chi connectivity index (χ1n) is 9.64. The Morgan fingerprint density at radius 1 is 1.00 bits per heavy atom. The summed E-state index contributed by atoms with van der Waals surface area (Å²) in [6, 6.07) is 19.5. The number of nitrogens with one attached hydrogen (secondary N) is 1. The molecule has 166 valence electrons. The molecular weight excluding hydrogens is 432 g/mol. The highest BCUT2D eigenvalue weighted by Gasteiger charge is 2.22. The molecule has 0 aliphatic carbocycles. The summed E-state index contributed by atoms with van der Waals surface area (Å²) in [4.78, 5) is 24.8. The molecule has 3 rings (SSSR count). The molecule has 4 N–H and O–H groups in total. The average molecular weight is 455 g/mol. The van der Waals surface area contributed by atoms with Gasteiger partial charge in [0.15, 0.2) is 6.10 Å². The lowest BCUT2D eigenvalue weighted by molar-refractivity contribution is -0.123. The zero-order valence-corrected chi connectivity index (χ0v) is 18.0. The predicted molar refractivity (Wildman–Crippen MR) is 119 cm³/mol. The number of carbonyl (C=O) groups is 2. The first-order valence-corrected chi connectivity index (χ1v) is 11.2. The maximum absolute atomic E-state index is 12.5. The molecule has 0 aliphatic rings. The summed E-state index contributed by atoms with van der Waals surface area (Å²) in [6.45, 7) is 1.39. The van der Waals surface area contributed by atoms with Crippen LogP contribution in [0.4, 0.5) is 5.69 Å². The van der Waals surface area contributed by atoms with Crippen LogP contribution < -0.4 is 10.5 Å². The van der Waals surface area contributed by atoms with Crippen LogP contribution in [0.5, 0.6) is 5.75 Å². The number of sulfonamides is 1. The largest absolute Gasteiger partial charge is 0.507 e. The number of hydrogen-bond acceptors (Lipinski definition) is 6. The van der Waals surface area contributed by atoms with Gasteiger partial charge in [0.05, 0.1) is 4.90 Å². The molecule has 0 saturated heterocycles. The molecule has 3 aromatic carbocycles. The number of nitrogens with two attached hydrogens (primary N) is 1. The first kappa shape index (κ1) is 23.0. The van der Waals surface area contributed by atoms with Crippen molar-refractivity contribution < 1.29 is 27.9 Å². The fourth-order valence-corrected chi connectivity index (χ4v) is 3.45. The van der Waals surface area contributed by atoms with E-state index in [9.17, 15) is 23.1 Å². The second kappa shape index (κ2) is 9.63. The molecule has 0 heterocycles. The Morgan fingerprint density at radius 2 is 1.66 bits per heavy atom. The second-order valence-corrected chi connectivity index (χ2v) is 8.68. The molecule has 1 amide bonds. The number of hydrogen-bond donors (Lipinski definition) is 3. The standard InChI is InChI=1S/C23H22N2O6S/c1-15(22(27)25-18-8-10-19(11-9-18)32(24,29)30)31-23(28)20-14-17(7-12-21(20)26)13-16-5-3-2-4-6-16/h2-12,14-15,26H,13H2,1H3,(H,25,27)(H2,24,29,30). The summed E-state index contributed by atoms with van der Waals surface area (Å²) in [5.74, 6) is -1.72. The van der Waals surface area contributed by atoms with E-state index < -0.39 is 28.0 Å². The number of rotatable bonds is 7. The maximum Gasteiger partial charge on any atom is 0.342 e. The molecule has 1 atom stereocenters. The quantitative estimate of drug-likeness (QED) is 0.470. The predicted octanol–water partition coefficient (Wildman–Crippen LogP) is 2.81. The number of phenolic OH excluding ortho intramolecular Hbond substituents is 1. The maximum atomic E-state index is 12.5. The average Bonchev–Trinajstić information content (AvgIpc) is 2.75. The third-order valence-electron chi connectivity index (χ3n) is 4.64. The van der Waals surface area contributed by atoms with E-state index >= 15 is 0 Å². The van der Waals surface area contributed by atoms with Gasteiger partial charge in [-0.15, -0.1) is 0 Å². The summed E-state index contributed by atoms with van der Waals surface area (Å²) in [7, 11) is -3.84. The third kappa shape index (κ3) is 5.93. The smallest absolute Gasteiger partial charge is 0.342 e. The van der Waals surface area contributed by atoms with Gasteiger partial charge in [0, 0.05) is 5.69 Å². The van der Waals surface area contributed by atoms with Gasteiger partial charge in [0.25, 0.3) is 5.91 Å². The molecule has 0 spiro atoms. The fourth-order valence-electron chi connectivity index (χ4n) is 2.94. The van der Waals surface area contributed by atoms with Gasteiger partial charge in [-0.2, -0.15) is 0 Å². The topological polar surface area (TPSA) is 136 Å². The Morgan fingerprint density at radius 3 is 2.28 bits per heavy atom. The fraction of sp³-hybridized carbons (Fsp3) is 0.130. The van der Waals surface area contributed by atoms with Gasteiger partial charge in [-0.25, -0.2) is 18.4 Å². The molecule has 0 saturated carbocycles. The summed E-state index contributed by atoms with van der Waals surface area (Å²) in [5, 5.41) is 17.6. The molecular formula is C23H22N2O6S. The molecule has 0 fully saturated rings. The molecule has 0 bridgehead atoms. The zero-order chi connectivity index (χ0) is 23.3. The Bertz CT molecular complexity index is 1230. The van der Waals surface area contributed by atoms with E-state index in [1.165, 1.54) is 43.3 Å². The zero-order valence-electron chi connectivity index (χ0n) is 17.2. The number of carbonyl (C=O) groups excluding carboxylic acids is 2. The van der Waals surface area contributed by atoms with Gasteiger partial charge < -0.3 is 15.2 Å². The minimum Gasteiger partial charge on any atom is -0.507 e. The van der Waals surface area contributed by atoms with Crippen LogP contribution in [0.15, 0.2) is 77.7 Å². The van der Waals surface area contributed by atoms with Crippen molar-refractivity contribution in [3.8, 4) is 5.75 Å². The van der Waals surface area contributed by atoms with Crippen LogP contribution in [-0.2, 0) is 26.0 Å². The molecule has 0 aromatic heterocycles. The number of benzene rings is 3. The van der Waals surface area contributed by atoms with Crippen LogP contribution in [0, 0.1) is 0 Å². The number of anilines is 1. The highest BCUT2D eigenvalue weighted by Crippen LogP contribution is 2.22. The number of primary sulfonamides is 1. The number of esters is 1. The van der Waals surface area contributed by atoms with Gasteiger partial charge >= 0.3 is 5.97 Å². The summed E-state index contributed by atoms with van der Waals surface area (Å²) in [5.41, 5.74) is 2.10. The Balaban J connectivity index is 1.65. The molecule has 8 nitrogen and oxygen atoms in total. The van der Waals surface area contributed by atoms with Crippen molar-refractivity contribution in [2.24, 2.45) is 5.14 Å². The van der Waals surface area contributed by atoms with Crippen LogP contribution in [0.3, 0.4) is 0 Å². The van der Waals surface area contributed by atoms with Crippen molar-refractivity contribution in [3.05, 3.63) is 89.5 Å². The van der Waals surface area contributed by atoms with E-state index in [1.54, 1.807) is 6.07 Å². The summed E-state index contributed by atoms with van der Waals surface area (Å²) in [6.07, 6.45) is -0.607. The van der Waals surface area contributed by atoms with Gasteiger partial charge in [0.1, 0.15) is 11.3 Å². The van der Waals surface area contributed by atoms with Crippen molar-refractivity contribution >= 4 is 27.6 Å². The van der Waals surface area contributed by atoms with Crippen LogP contribution in [-0.4, -0.2) is 31.5 Å². The van der Waals surface area contributed by atoms with Crippen molar-refractivity contribution in [1.82, 2.24) is 0 Å². The Kier molecular flexibility index (Phi) is 6.92. The molecule has 0 radical (unpaired) electrons. The molecule has 0 aliphatic heterocycles. The van der Waals surface area contributed by atoms with Crippen molar-refractivity contribution in [2.45, 2.75) is 24.3 Å². The van der Waals surface area contributed by atoms with Crippen molar-refractivity contribution in [3.63, 3.8) is 0 Å². The van der Waals surface area contributed by atoms with Crippen LogP contribution >= 0.6 is 0 Å². The molecule has 32 heavy (non-hydrogen) atoms. The molecule has 3 aromatic rings. The lowest BCUT2D eigenvalue weighted by Crippen LogP contribution is -2.30. The van der Waals surface area contributed by atoms with E-state index in [-0.39, 0.29) is 16.2 Å². The second-order valence-electron chi connectivity index (χ2n) is 7.12. The first-order chi connectivity index (χ1) is 15.1. The minimum absolute atomic E-state index is 0.0458. The van der Waals surface area contributed by atoms with Gasteiger partial charge in [-0.1, -0.05) is 36.4 Å². The van der Waals surface area contributed by atoms with Gasteiger partial charge in [-0.3, -0.25) is 4.79 Å². The van der Waals surface area contributed by atoms with Gasteiger partial charge in [0.2, 0.25) is 10.0 Å². The lowest BCUT2D eigenvalue weighted by atomic mass is 10.0. The third-order valence-corrected chi connectivity index (χ3v) is 5.56. The SMILES string of the molecule is CC(OC(=O)c1cc(Cc2ccccc2)ccc1O)C(=O)Nc1ccc(S(N)(=O)=O)cc1. The van der Waals surface area contributed by atoms with Crippen LogP contribution in [0.1, 0.15) is 28.4 Å². The van der Waals surface area contributed by atoms with E-state index in [2.05, 4.69) is 5.32 Å². The van der Waals surface area contributed by atoms with E-state index in [0.29, 0.717) is 12.1 Å². The number of amides is 1. The summed E-state index contributed by atoms with van der Waals surface area (Å²) >= 11 is 0. The highest BCUT2D eigenvalue weighted by molar-refractivity contribution is 7.89. The van der Waals surface area contributed by atoms with Crippen molar-refractivity contribution in [1.29, 1.82) is 0 Å². The van der Waals surface area contributed by atoms with Crippen molar-refractivity contribution in [2.75, 3.05) is 5.32 Å². The number of aromatic hydroxyl groups is 1. The van der Waals surface area contributed by atoms with E-state index in [4.69, 9.17) is 9.88 Å². The Hall–Kier alpha value is -3.69. The van der Waals surface area contributed by atoms with Gasteiger partial charge in [-0.05, 0) is 60.9 Å². The van der Waals surface area contributed by atoms with E-state index in [0.717, 1.165) is 11.1 Å². The highest BCUT2D eigenvalue weighted by atomic mass is 32.2. The Labute approximate surface area is 185 Å². The molecule has 9 heteroatoms. The number of phenols is 1. The normalized spacial score (nSPS) is 12.1.